The third kappa shape index (κ3) is 3.92. The summed E-state index contributed by atoms with van der Waals surface area (Å²) in [6, 6.07) is 7.51. The molecular formula is C18H17FN4O3S. The standard InChI is InChI=1S/C18H17FN4O3S/c1-22-16-15(17(25)23(2)18(22)26)13(7-8-20-16)27-10-14(24)21-9-11-3-5-12(19)6-4-11/h3-8H,9-10H2,1-2H3,(H,21,24). The fourth-order valence-corrected chi connectivity index (χ4v) is 3.45. The highest BCUT2D eigenvalue weighted by Crippen LogP contribution is 2.23. The maximum Gasteiger partial charge on any atom is 0.332 e. The molecule has 1 amide bonds. The van der Waals surface area contributed by atoms with Gasteiger partial charge in [0, 0.05) is 31.7 Å². The smallest absolute Gasteiger partial charge is 0.332 e. The number of benzene rings is 1. The summed E-state index contributed by atoms with van der Waals surface area (Å²) in [5.74, 6) is -0.469. The predicted octanol–water partition coefficient (Wildman–Crippen LogP) is 1.18. The number of pyridine rings is 1. The Kier molecular flexibility index (Phi) is 5.41. The molecule has 0 aliphatic heterocycles. The van der Waals surface area contributed by atoms with Crippen LogP contribution in [0.2, 0.25) is 0 Å². The molecule has 0 bridgehead atoms. The van der Waals surface area contributed by atoms with E-state index >= 15 is 0 Å². The van der Waals surface area contributed by atoms with Gasteiger partial charge in [0.1, 0.15) is 11.5 Å². The SMILES string of the molecule is Cn1c(=O)c2c(SCC(=O)NCc3ccc(F)cc3)ccnc2n(C)c1=O. The van der Waals surface area contributed by atoms with E-state index in [2.05, 4.69) is 10.3 Å². The number of hydrogen-bond acceptors (Lipinski definition) is 5. The Hall–Kier alpha value is -2.94. The van der Waals surface area contributed by atoms with Gasteiger partial charge in [-0.05, 0) is 23.8 Å². The summed E-state index contributed by atoms with van der Waals surface area (Å²) in [5.41, 5.74) is 0.155. The quantitative estimate of drug-likeness (QED) is 0.664. The van der Waals surface area contributed by atoms with Crippen molar-refractivity contribution in [2.75, 3.05) is 5.75 Å². The van der Waals surface area contributed by atoms with Crippen LogP contribution in [-0.4, -0.2) is 25.8 Å². The number of hydrogen-bond donors (Lipinski definition) is 1. The number of carbonyl (C=O) groups excluding carboxylic acids is 1. The van der Waals surface area contributed by atoms with E-state index < -0.39 is 11.2 Å². The van der Waals surface area contributed by atoms with Crippen LogP contribution >= 0.6 is 11.8 Å². The molecule has 7 nitrogen and oxygen atoms in total. The molecule has 9 heteroatoms. The number of rotatable bonds is 5. The van der Waals surface area contributed by atoms with E-state index in [0.717, 1.165) is 10.1 Å². The van der Waals surface area contributed by atoms with Gasteiger partial charge < -0.3 is 5.32 Å². The lowest BCUT2D eigenvalue weighted by Crippen LogP contribution is -2.37. The monoisotopic (exact) mass is 388 g/mol. The fraction of sp³-hybridized carbons (Fsp3) is 0.222. The molecule has 0 spiro atoms. The average Bonchev–Trinajstić information content (AvgIpc) is 2.68. The Labute approximate surface area is 157 Å². The van der Waals surface area contributed by atoms with Gasteiger partial charge in [0.2, 0.25) is 5.91 Å². The second kappa shape index (κ2) is 7.75. The minimum atomic E-state index is -0.459. The van der Waals surface area contributed by atoms with Crippen LogP contribution in [0.15, 0.2) is 51.0 Å². The van der Waals surface area contributed by atoms with Crippen LogP contribution < -0.4 is 16.6 Å². The predicted molar refractivity (Wildman–Crippen MR) is 101 cm³/mol. The van der Waals surface area contributed by atoms with Crippen LogP contribution in [0.25, 0.3) is 11.0 Å². The van der Waals surface area contributed by atoms with Gasteiger partial charge in [0.15, 0.2) is 0 Å². The summed E-state index contributed by atoms with van der Waals surface area (Å²) in [6.45, 7) is 0.285. The summed E-state index contributed by atoms with van der Waals surface area (Å²) >= 11 is 1.19. The van der Waals surface area contributed by atoms with E-state index in [4.69, 9.17) is 0 Å². The van der Waals surface area contributed by atoms with E-state index in [0.29, 0.717) is 10.3 Å². The summed E-state index contributed by atoms with van der Waals surface area (Å²) in [5, 5.41) is 3.05. The van der Waals surface area contributed by atoms with Gasteiger partial charge in [-0.15, -0.1) is 11.8 Å². The van der Waals surface area contributed by atoms with E-state index in [1.54, 1.807) is 25.2 Å². The van der Waals surface area contributed by atoms with E-state index in [1.807, 2.05) is 0 Å². The van der Waals surface area contributed by atoms with Crippen molar-refractivity contribution in [2.45, 2.75) is 11.4 Å². The summed E-state index contributed by atoms with van der Waals surface area (Å²) in [7, 11) is 2.95. The molecule has 1 N–H and O–H groups in total. The Morgan fingerprint density at radius 1 is 1.15 bits per heavy atom. The lowest BCUT2D eigenvalue weighted by Gasteiger charge is -2.10. The first-order chi connectivity index (χ1) is 12.9. The van der Waals surface area contributed by atoms with E-state index in [9.17, 15) is 18.8 Å². The van der Waals surface area contributed by atoms with Crippen molar-refractivity contribution >= 4 is 28.7 Å². The zero-order valence-corrected chi connectivity index (χ0v) is 15.5. The molecule has 1 aromatic carbocycles. The van der Waals surface area contributed by atoms with Gasteiger partial charge in [-0.3, -0.25) is 18.7 Å². The van der Waals surface area contributed by atoms with Gasteiger partial charge >= 0.3 is 5.69 Å². The van der Waals surface area contributed by atoms with Gasteiger partial charge in [0.05, 0.1) is 11.1 Å². The summed E-state index contributed by atoms with van der Waals surface area (Å²) in [4.78, 5) is 41.3. The number of nitrogens with zero attached hydrogens (tertiary/aromatic N) is 3. The van der Waals surface area contributed by atoms with Gasteiger partial charge in [0.25, 0.3) is 5.56 Å². The van der Waals surface area contributed by atoms with Crippen molar-refractivity contribution in [1.29, 1.82) is 0 Å². The maximum absolute atomic E-state index is 12.9. The van der Waals surface area contributed by atoms with Gasteiger partial charge in [-0.2, -0.15) is 0 Å². The van der Waals surface area contributed by atoms with Crippen molar-refractivity contribution in [1.82, 2.24) is 19.4 Å². The van der Waals surface area contributed by atoms with Crippen molar-refractivity contribution in [3.63, 3.8) is 0 Å². The number of nitrogens with one attached hydrogen (secondary N) is 1. The molecule has 3 rings (SSSR count). The van der Waals surface area contributed by atoms with Crippen molar-refractivity contribution < 1.29 is 9.18 Å². The molecule has 0 saturated carbocycles. The minimum absolute atomic E-state index is 0.0896. The van der Waals surface area contributed by atoms with E-state index in [1.165, 1.54) is 41.7 Å². The number of halogens is 1. The summed E-state index contributed by atoms with van der Waals surface area (Å²) < 4.78 is 15.2. The molecule has 27 heavy (non-hydrogen) atoms. The largest absolute Gasteiger partial charge is 0.351 e. The number of aryl methyl sites for hydroxylation is 1. The maximum atomic E-state index is 12.9. The highest BCUT2D eigenvalue weighted by atomic mass is 32.2. The first kappa shape index (κ1) is 18.8. The van der Waals surface area contributed by atoms with Crippen molar-refractivity contribution in [3.8, 4) is 0 Å². The summed E-state index contributed by atoms with van der Waals surface area (Å²) in [6.07, 6.45) is 1.50. The highest BCUT2D eigenvalue weighted by Gasteiger charge is 2.14. The Morgan fingerprint density at radius 2 is 1.85 bits per heavy atom. The lowest BCUT2D eigenvalue weighted by molar-refractivity contribution is -0.118. The number of carbonyl (C=O) groups is 1. The zero-order valence-electron chi connectivity index (χ0n) is 14.7. The zero-order chi connectivity index (χ0) is 19.6. The fourth-order valence-electron chi connectivity index (χ4n) is 2.58. The molecule has 0 saturated heterocycles. The molecule has 140 valence electrons. The molecule has 0 aliphatic carbocycles. The van der Waals surface area contributed by atoms with Crippen LogP contribution in [0.3, 0.4) is 0 Å². The Balaban J connectivity index is 1.75. The molecule has 2 heterocycles. The molecule has 0 fully saturated rings. The molecule has 0 radical (unpaired) electrons. The average molecular weight is 388 g/mol. The molecular weight excluding hydrogens is 371 g/mol. The molecule has 3 aromatic rings. The van der Waals surface area contributed by atoms with Gasteiger partial charge in [-0.1, -0.05) is 12.1 Å². The normalized spacial score (nSPS) is 10.9. The highest BCUT2D eigenvalue weighted by molar-refractivity contribution is 8.00. The first-order valence-corrected chi connectivity index (χ1v) is 9.05. The van der Waals surface area contributed by atoms with Crippen LogP contribution in [0.1, 0.15) is 5.56 Å². The number of aromatic nitrogens is 3. The topological polar surface area (TPSA) is 86.0 Å². The molecule has 2 aromatic heterocycles. The third-order valence-electron chi connectivity index (χ3n) is 4.06. The van der Waals surface area contributed by atoms with E-state index in [-0.39, 0.29) is 29.7 Å². The number of amides is 1. The molecule has 0 atom stereocenters. The minimum Gasteiger partial charge on any atom is -0.351 e. The van der Waals surface area contributed by atoms with Crippen LogP contribution in [0.4, 0.5) is 4.39 Å². The van der Waals surface area contributed by atoms with Crippen molar-refractivity contribution in [3.05, 3.63) is 68.7 Å². The Bertz CT molecular complexity index is 1120. The van der Waals surface area contributed by atoms with Crippen molar-refractivity contribution in [2.24, 2.45) is 14.1 Å². The second-order valence-electron chi connectivity index (χ2n) is 5.91. The molecule has 0 aliphatic rings. The second-order valence-corrected chi connectivity index (χ2v) is 6.92. The van der Waals surface area contributed by atoms with Crippen LogP contribution in [0.5, 0.6) is 0 Å². The van der Waals surface area contributed by atoms with Crippen LogP contribution in [-0.2, 0) is 25.4 Å². The molecule has 0 unspecified atom stereocenters. The van der Waals surface area contributed by atoms with Gasteiger partial charge in [-0.25, -0.2) is 14.2 Å². The number of fused-ring (bicyclic) bond motifs is 1. The lowest BCUT2D eigenvalue weighted by atomic mass is 10.2. The number of thioether (sulfide) groups is 1. The third-order valence-corrected chi connectivity index (χ3v) is 5.12. The van der Waals surface area contributed by atoms with Crippen LogP contribution in [0, 0.1) is 5.82 Å². The first-order valence-electron chi connectivity index (χ1n) is 8.07. The Morgan fingerprint density at radius 3 is 2.56 bits per heavy atom.